The van der Waals surface area contributed by atoms with Crippen LogP contribution in [0.2, 0.25) is 0 Å². The highest BCUT2D eigenvalue weighted by Crippen LogP contribution is 2.31. The molecule has 0 atom stereocenters. The number of amides is 2. The van der Waals surface area contributed by atoms with Crippen LogP contribution in [0.15, 0.2) is 65.6 Å². The van der Waals surface area contributed by atoms with Gasteiger partial charge in [-0.15, -0.1) is 0 Å². The number of nitrogens with two attached hydrogens (primary N) is 2. The van der Waals surface area contributed by atoms with Crippen LogP contribution >= 0.6 is 10.7 Å². The first-order valence-corrected chi connectivity index (χ1v) is 21.9. The van der Waals surface area contributed by atoms with E-state index >= 15 is 0 Å². The van der Waals surface area contributed by atoms with Gasteiger partial charge < -0.3 is 73.0 Å². The third kappa shape index (κ3) is 19.4. The number of carbonyl (C=O) groups excluding carboxylic acids is 4. The number of nitrogen functional groups attached to an aromatic ring is 2. The summed E-state index contributed by atoms with van der Waals surface area (Å²) < 4.78 is 83.8. The number of benzene rings is 1. The van der Waals surface area contributed by atoms with Gasteiger partial charge in [-0.3, -0.25) is 10.6 Å². The normalized spacial score (nSPS) is 9.69. The number of hydrogen-bond donors (Lipinski definition) is 4. The summed E-state index contributed by atoms with van der Waals surface area (Å²) in [5, 5.41) is 4.80. The fourth-order valence-electron chi connectivity index (χ4n) is 4.74. The smallest absolute Gasteiger partial charge is 0.411 e. The molecule has 5 aromatic rings. The quantitative estimate of drug-likeness (QED) is 0.0637. The number of carbonyl (C=O) groups is 4. The fraction of sp³-hybridized carbons (Fsp3) is 0.302. The van der Waals surface area contributed by atoms with Crippen LogP contribution in [0.25, 0.3) is 0 Å². The second-order valence-corrected chi connectivity index (χ2v) is 15.0. The van der Waals surface area contributed by atoms with E-state index in [1.54, 1.807) is 24.3 Å². The van der Waals surface area contributed by atoms with Crippen molar-refractivity contribution in [3.8, 4) is 52.8 Å². The molecule has 0 unspecified atom stereocenters. The topological polar surface area (TPSA) is 350 Å². The summed E-state index contributed by atoms with van der Waals surface area (Å²) in [5.74, 6) is 1.44. The summed E-state index contributed by atoms with van der Waals surface area (Å²) >= 11 is 0. The molecule has 27 nitrogen and oxygen atoms in total. The third-order valence-electron chi connectivity index (χ3n) is 8.26. The molecule has 0 aliphatic rings. The van der Waals surface area contributed by atoms with Crippen molar-refractivity contribution in [2.24, 2.45) is 0 Å². The van der Waals surface area contributed by atoms with Crippen LogP contribution in [0.3, 0.4) is 0 Å². The minimum Gasteiger partial charge on any atom is -0.497 e. The summed E-state index contributed by atoms with van der Waals surface area (Å²) in [5.41, 5.74) is 12.5. The molecule has 5 rings (SSSR count). The Labute approximate surface area is 418 Å². The standard InChI is InChI=1S/C11H14N2O6.2C9H12N2O4.C7H7ClO3S.C7H10N2O2/c1-16-7-5-6(10(14)18-3)8(9(12-7)17-2)13-11(15)19-4;1-13-6-4-5(9(12)15-3)7(10)8(11-6)14-2;1-13-7-5-4-6(8(11-7)14-2)10-9(12)15-3;1-11-6-2-4-7(5-3-6)12(8,9)10;1-10-6-4-3-5(8)7(9-6)11-2/h5H,1-4H3,(H,13,15);4H,10H2,1-3H3;4-5H,1-3H3,(H,10,12);2-5H,1H3;3-4H,8H2,1-2H3. The fourth-order valence-corrected chi connectivity index (χ4v) is 5.51. The lowest BCUT2D eigenvalue weighted by Crippen LogP contribution is -2.16. The van der Waals surface area contributed by atoms with Crippen molar-refractivity contribution in [1.82, 2.24) is 19.9 Å². The van der Waals surface area contributed by atoms with Crippen LogP contribution in [0.5, 0.6) is 52.8 Å². The van der Waals surface area contributed by atoms with Crippen LogP contribution in [-0.4, -0.2) is 145 Å². The Balaban J connectivity index is 0.000000455. The van der Waals surface area contributed by atoms with E-state index in [4.69, 9.17) is 64.8 Å². The molecule has 29 heteroatoms. The van der Waals surface area contributed by atoms with Gasteiger partial charge in [0.05, 0.1) is 114 Å². The van der Waals surface area contributed by atoms with Crippen molar-refractivity contribution in [2.75, 3.05) is 115 Å². The van der Waals surface area contributed by atoms with Gasteiger partial charge in [0.15, 0.2) is 0 Å². The number of aromatic nitrogens is 4. The molecule has 0 fully saturated rings. The van der Waals surface area contributed by atoms with Crippen LogP contribution in [0, 0.1) is 0 Å². The number of pyridine rings is 4. The Hall–Kier alpha value is -8.66. The van der Waals surface area contributed by atoms with Gasteiger partial charge in [0.1, 0.15) is 22.8 Å². The molecular weight excluding hydrogens is 1000 g/mol. The van der Waals surface area contributed by atoms with Crippen molar-refractivity contribution in [3.63, 3.8) is 0 Å². The van der Waals surface area contributed by atoms with Crippen molar-refractivity contribution in [3.05, 3.63) is 71.8 Å². The molecule has 0 saturated carbocycles. The lowest BCUT2D eigenvalue weighted by Gasteiger charge is -2.13. The number of anilines is 4. The molecule has 0 aliphatic heterocycles. The van der Waals surface area contributed by atoms with E-state index < -0.39 is 33.2 Å². The van der Waals surface area contributed by atoms with E-state index in [1.165, 1.54) is 129 Å². The summed E-state index contributed by atoms with van der Waals surface area (Å²) in [6.07, 6.45) is -1.35. The molecule has 6 N–H and O–H groups in total. The van der Waals surface area contributed by atoms with Crippen LogP contribution < -0.4 is 64.7 Å². The Morgan fingerprint density at radius 3 is 1.35 bits per heavy atom. The van der Waals surface area contributed by atoms with Crippen molar-refractivity contribution in [1.29, 1.82) is 0 Å². The van der Waals surface area contributed by atoms with Crippen LogP contribution in [0.1, 0.15) is 20.7 Å². The summed E-state index contributed by atoms with van der Waals surface area (Å²) in [7, 11) is 19.5. The molecule has 2 amide bonds. The number of ether oxygens (including phenoxy) is 13. The Morgan fingerprint density at radius 1 is 0.472 bits per heavy atom. The maximum absolute atomic E-state index is 11.7. The van der Waals surface area contributed by atoms with Crippen molar-refractivity contribution in [2.45, 2.75) is 4.90 Å². The van der Waals surface area contributed by atoms with E-state index in [0.717, 1.165) is 0 Å². The molecule has 0 saturated heterocycles. The number of rotatable bonds is 14. The monoisotopic (exact) mass is 1050 g/mol. The molecule has 4 heterocycles. The summed E-state index contributed by atoms with van der Waals surface area (Å²) in [6, 6.07) is 15.1. The van der Waals surface area contributed by atoms with Gasteiger partial charge in [-0.2, -0.15) is 19.9 Å². The summed E-state index contributed by atoms with van der Waals surface area (Å²) in [4.78, 5) is 61.1. The van der Waals surface area contributed by atoms with Gasteiger partial charge in [0.2, 0.25) is 47.0 Å². The number of nitrogens with zero attached hydrogens (tertiary/aromatic N) is 4. The van der Waals surface area contributed by atoms with Crippen molar-refractivity contribution < 1.29 is 89.2 Å². The zero-order valence-electron chi connectivity index (χ0n) is 41.3. The lowest BCUT2D eigenvalue weighted by atomic mass is 10.2. The first kappa shape index (κ1) is 61.4. The SMILES string of the molecule is COC(=O)Nc1c(C(=O)OC)cc(OC)nc1OC.COC(=O)Nc1ccc(OC)nc1OC.COC(=O)c1cc(OC)nc(OC)c1N.COc1ccc(N)c(OC)n1.COc1ccc(S(=O)(=O)Cl)cc1. The zero-order chi connectivity index (χ0) is 54.6. The molecule has 1 aromatic carbocycles. The van der Waals surface area contributed by atoms with E-state index in [2.05, 4.69) is 49.5 Å². The highest BCUT2D eigenvalue weighted by molar-refractivity contribution is 8.13. The second kappa shape index (κ2) is 31.5. The van der Waals surface area contributed by atoms with Gasteiger partial charge in [0.25, 0.3) is 9.05 Å². The highest BCUT2D eigenvalue weighted by Gasteiger charge is 2.22. The average Bonchev–Trinajstić information content (AvgIpc) is 3.40. The number of hydrogen-bond acceptors (Lipinski definition) is 25. The van der Waals surface area contributed by atoms with Crippen LogP contribution in [0.4, 0.5) is 32.3 Å². The van der Waals surface area contributed by atoms with E-state index in [1.807, 2.05) is 0 Å². The maximum atomic E-state index is 11.7. The number of halogens is 1. The molecule has 4 aromatic heterocycles. The maximum Gasteiger partial charge on any atom is 0.411 e. The largest absolute Gasteiger partial charge is 0.497 e. The molecule has 72 heavy (non-hydrogen) atoms. The lowest BCUT2D eigenvalue weighted by molar-refractivity contribution is 0.0592. The third-order valence-corrected chi connectivity index (χ3v) is 9.63. The van der Waals surface area contributed by atoms with Gasteiger partial charge >= 0.3 is 24.1 Å². The second-order valence-electron chi connectivity index (χ2n) is 12.4. The first-order chi connectivity index (χ1) is 34.2. The number of methoxy groups -OCH3 is 13. The zero-order valence-corrected chi connectivity index (χ0v) is 42.8. The number of nitrogens with one attached hydrogen (secondary N) is 2. The predicted octanol–water partition coefficient (Wildman–Crippen LogP) is 5.11. The van der Waals surface area contributed by atoms with Gasteiger partial charge in [-0.25, -0.2) is 27.6 Å². The number of esters is 2. The average molecular weight is 1060 g/mol. The van der Waals surface area contributed by atoms with Gasteiger partial charge in [-0.1, -0.05) is 0 Å². The van der Waals surface area contributed by atoms with Crippen molar-refractivity contribution >= 4 is 66.6 Å². The molecule has 0 radical (unpaired) electrons. The van der Waals surface area contributed by atoms with E-state index in [0.29, 0.717) is 34.8 Å². The Morgan fingerprint density at radius 2 is 0.903 bits per heavy atom. The highest BCUT2D eigenvalue weighted by atomic mass is 35.7. The van der Waals surface area contributed by atoms with Gasteiger partial charge in [0, 0.05) is 34.9 Å². The molecule has 0 bridgehead atoms. The Kier molecular flexibility index (Phi) is 26.8. The molecule has 0 spiro atoms. The molecular formula is C43H55ClN8O19S. The minimum atomic E-state index is -3.61. The molecule has 0 aliphatic carbocycles. The minimum absolute atomic E-state index is 0.00477. The first-order valence-electron chi connectivity index (χ1n) is 19.6. The summed E-state index contributed by atoms with van der Waals surface area (Å²) in [6.45, 7) is 0. The predicted molar refractivity (Wildman–Crippen MR) is 259 cm³/mol. The van der Waals surface area contributed by atoms with E-state index in [-0.39, 0.29) is 56.8 Å². The van der Waals surface area contributed by atoms with Gasteiger partial charge in [-0.05, 0) is 36.4 Å². The van der Waals surface area contributed by atoms with E-state index in [9.17, 15) is 27.6 Å². The van der Waals surface area contributed by atoms with Crippen LogP contribution in [-0.2, 0) is 28.0 Å². The Bertz CT molecular complexity index is 2670. The molecule has 394 valence electrons.